The van der Waals surface area contributed by atoms with Gasteiger partial charge >= 0.3 is 0 Å². The molecule has 3 N–H and O–H groups in total. The second-order valence-corrected chi connectivity index (χ2v) is 7.26. The van der Waals surface area contributed by atoms with Crippen molar-refractivity contribution in [2.75, 3.05) is 11.9 Å². The molecule has 0 fully saturated rings. The molecule has 1 aromatic rings. The van der Waals surface area contributed by atoms with Crippen molar-refractivity contribution in [3.63, 3.8) is 0 Å². The number of anilines is 1. The third kappa shape index (κ3) is 4.07. The van der Waals surface area contributed by atoms with Gasteiger partial charge in [-0.05, 0) is 39.2 Å². The van der Waals surface area contributed by atoms with Gasteiger partial charge in [-0.25, -0.2) is 4.98 Å². The highest BCUT2D eigenvalue weighted by Gasteiger charge is 2.26. The van der Waals surface area contributed by atoms with Crippen molar-refractivity contribution in [1.82, 2.24) is 9.55 Å². The molecule has 0 aliphatic carbocycles. The molecule has 20 heavy (non-hydrogen) atoms. The van der Waals surface area contributed by atoms with Crippen LogP contribution in [0, 0.1) is 5.41 Å². The molecule has 0 aromatic carbocycles. The Bertz CT molecular complexity index is 494. The molecule has 0 aliphatic rings. The van der Waals surface area contributed by atoms with Crippen LogP contribution in [0.2, 0.25) is 0 Å². The lowest BCUT2D eigenvalue weighted by Crippen LogP contribution is -2.41. The molecule has 0 aliphatic heterocycles. The molecule has 0 saturated carbocycles. The monoisotopic (exact) mass is 280 g/mol. The van der Waals surface area contributed by atoms with Gasteiger partial charge in [0, 0.05) is 24.0 Å². The van der Waals surface area contributed by atoms with E-state index in [-0.39, 0.29) is 22.6 Å². The van der Waals surface area contributed by atoms with Crippen LogP contribution < -0.4 is 16.6 Å². The highest BCUT2D eigenvalue weighted by molar-refractivity contribution is 5.33. The summed E-state index contributed by atoms with van der Waals surface area (Å²) in [5.74, 6) is 0.399. The summed E-state index contributed by atoms with van der Waals surface area (Å²) < 4.78 is 1.70. The molecule has 1 heterocycles. The molecule has 0 bridgehead atoms. The fraction of sp³-hybridized carbons (Fsp3) is 0.733. The van der Waals surface area contributed by atoms with Crippen LogP contribution in [0.15, 0.2) is 17.2 Å². The molecule has 114 valence electrons. The fourth-order valence-corrected chi connectivity index (χ4v) is 2.09. The van der Waals surface area contributed by atoms with Crippen molar-refractivity contribution in [2.24, 2.45) is 11.1 Å². The normalized spacial score (nSPS) is 14.2. The van der Waals surface area contributed by atoms with Crippen LogP contribution in [0.3, 0.4) is 0 Å². The zero-order valence-electron chi connectivity index (χ0n) is 13.5. The van der Waals surface area contributed by atoms with Gasteiger partial charge in [-0.1, -0.05) is 20.8 Å². The van der Waals surface area contributed by atoms with Crippen LogP contribution in [-0.2, 0) is 5.54 Å². The van der Waals surface area contributed by atoms with Gasteiger partial charge in [-0.2, -0.15) is 0 Å². The summed E-state index contributed by atoms with van der Waals surface area (Å²) in [6.07, 6.45) is 4.19. The van der Waals surface area contributed by atoms with Gasteiger partial charge in [0.1, 0.15) is 0 Å². The summed E-state index contributed by atoms with van der Waals surface area (Å²) in [6.45, 7) is 13.0. The van der Waals surface area contributed by atoms with Crippen molar-refractivity contribution < 1.29 is 0 Å². The number of aromatic nitrogens is 2. The van der Waals surface area contributed by atoms with Crippen LogP contribution in [0.1, 0.15) is 48.0 Å². The molecule has 0 spiro atoms. The first-order valence-corrected chi connectivity index (χ1v) is 7.12. The topological polar surface area (TPSA) is 72.9 Å². The summed E-state index contributed by atoms with van der Waals surface area (Å²) in [5, 5.41) is 3.28. The minimum atomic E-state index is -0.262. The minimum Gasteiger partial charge on any atom is -0.362 e. The second kappa shape index (κ2) is 5.95. The van der Waals surface area contributed by atoms with Crippen molar-refractivity contribution >= 4 is 5.82 Å². The predicted molar refractivity (Wildman–Crippen MR) is 84.0 cm³/mol. The average Bonchev–Trinajstić information content (AvgIpc) is 2.28. The van der Waals surface area contributed by atoms with Crippen molar-refractivity contribution in [1.29, 1.82) is 0 Å². The Balaban J connectivity index is 3.12. The van der Waals surface area contributed by atoms with E-state index >= 15 is 0 Å². The Morgan fingerprint density at radius 2 is 1.90 bits per heavy atom. The molecule has 0 saturated heterocycles. The molecular weight excluding hydrogens is 252 g/mol. The zero-order chi connectivity index (χ0) is 15.6. The highest BCUT2D eigenvalue weighted by atomic mass is 16.1. The average molecular weight is 280 g/mol. The Hall–Kier alpha value is -1.36. The van der Waals surface area contributed by atoms with E-state index in [1.807, 2.05) is 20.8 Å². The van der Waals surface area contributed by atoms with E-state index in [9.17, 15) is 4.79 Å². The minimum absolute atomic E-state index is 0.00982. The smallest absolute Gasteiger partial charge is 0.293 e. The van der Waals surface area contributed by atoms with Crippen LogP contribution in [0.25, 0.3) is 0 Å². The molecule has 5 nitrogen and oxygen atoms in total. The molecular formula is C15H28N4O. The summed E-state index contributed by atoms with van der Waals surface area (Å²) in [7, 11) is 0. The lowest BCUT2D eigenvalue weighted by Gasteiger charge is -2.32. The Labute approximate surface area is 121 Å². The van der Waals surface area contributed by atoms with Gasteiger partial charge in [0.15, 0.2) is 5.82 Å². The number of nitrogens with two attached hydrogens (primary N) is 1. The van der Waals surface area contributed by atoms with E-state index in [0.29, 0.717) is 12.4 Å². The molecule has 0 radical (unpaired) electrons. The first-order valence-electron chi connectivity index (χ1n) is 7.12. The van der Waals surface area contributed by atoms with E-state index in [4.69, 9.17) is 5.73 Å². The molecule has 0 amide bonds. The van der Waals surface area contributed by atoms with E-state index in [1.54, 1.807) is 17.0 Å². The molecule has 5 heteroatoms. The van der Waals surface area contributed by atoms with E-state index in [1.165, 1.54) is 0 Å². The lowest BCUT2D eigenvalue weighted by molar-refractivity contribution is 0.326. The van der Waals surface area contributed by atoms with Gasteiger partial charge in [0.05, 0.1) is 0 Å². The molecule has 1 aromatic heterocycles. The van der Waals surface area contributed by atoms with E-state index in [2.05, 4.69) is 31.1 Å². The quantitative estimate of drug-likeness (QED) is 0.886. The maximum absolute atomic E-state index is 12.5. The summed E-state index contributed by atoms with van der Waals surface area (Å²) in [4.78, 5) is 16.7. The van der Waals surface area contributed by atoms with Crippen LogP contribution in [0.5, 0.6) is 0 Å². The number of hydrogen-bond acceptors (Lipinski definition) is 4. The maximum atomic E-state index is 12.5. The van der Waals surface area contributed by atoms with Gasteiger partial charge in [-0.15, -0.1) is 0 Å². The van der Waals surface area contributed by atoms with Crippen molar-refractivity contribution in [3.8, 4) is 0 Å². The highest BCUT2D eigenvalue weighted by Crippen LogP contribution is 2.24. The standard InChI is InChI=1S/C15H28N4O/c1-14(2,3)11(7-8-16)18-12-13(20)19(10-9-17-12)15(4,5)6/h9-11H,7-8,16H2,1-6H3,(H,17,18). The second-order valence-electron chi connectivity index (χ2n) is 7.26. The largest absolute Gasteiger partial charge is 0.362 e. The number of hydrogen-bond donors (Lipinski definition) is 2. The van der Waals surface area contributed by atoms with Crippen LogP contribution >= 0.6 is 0 Å². The maximum Gasteiger partial charge on any atom is 0.293 e. The van der Waals surface area contributed by atoms with Crippen molar-refractivity contribution in [2.45, 2.75) is 59.5 Å². The zero-order valence-corrected chi connectivity index (χ0v) is 13.5. The fourth-order valence-electron chi connectivity index (χ4n) is 2.09. The summed E-state index contributed by atoms with van der Waals surface area (Å²) in [5.41, 5.74) is 5.33. The summed E-state index contributed by atoms with van der Waals surface area (Å²) >= 11 is 0. The number of nitrogens with one attached hydrogen (secondary N) is 1. The van der Waals surface area contributed by atoms with Gasteiger partial charge < -0.3 is 15.6 Å². The summed E-state index contributed by atoms with van der Waals surface area (Å²) in [6, 6.07) is 0.114. The molecule has 1 rings (SSSR count). The molecule has 1 unspecified atom stereocenters. The van der Waals surface area contributed by atoms with Gasteiger partial charge in [0.2, 0.25) is 0 Å². The first kappa shape index (κ1) is 16.7. The Kier molecular flexibility index (Phi) is 4.97. The van der Waals surface area contributed by atoms with E-state index in [0.717, 1.165) is 6.42 Å². The van der Waals surface area contributed by atoms with Crippen LogP contribution in [0.4, 0.5) is 5.82 Å². The van der Waals surface area contributed by atoms with E-state index < -0.39 is 0 Å². The van der Waals surface area contributed by atoms with Gasteiger partial charge in [-0.3, -0.25) is 4.79 Å². The van der Waals surface area contributed by atoms with Crippen LogP contribution in [-0.4, -0.2) is 22.1 Å². The molecule has 1 atom stereocenters. The third-order valence-electron chi connectivity index (χ3n) is 3.38. The lowest BCUT2D eigenvalue weighted by atomic mass is 9.85. The number of nitrogens with zero attached hydrogens (tertiary/aromatic N) is 2. The Morgan fingerprint density at radius 1 is 1.30 bits per heavy atom. The SMILES string of the molecule is CC(C)(C)C(CCN)Nc1nccn(C(C)(C)C)c1=O. The third-order valence-corrected chi connectivity index (χ3v) is 3.38. The van der Waals surface area contributed by atoms with Gasteiger partial charge in [0.25, 0.3) is 5.56 Å². The predicted octanol–water partition coefficient (Wildman–Crippen LogP) is 2.17. The first-order chi connectivity index (χ1) is 9.07. The Morgan fingerprint density at radius 3 is 2.35 bits per heavy atom. The number of rotatable bonds is 4. The van der Waals surface area contributed by atoms with Crippen molar-refractivity contribution in [3.05, 3.63) is 22.7 Å².